The van der Waals surface area contributed by atoms with E-state index in [-0.39, 0.29) is 24.9 Å². The highest BCUT2D eigenvalue weighted by molar-refractivity contribution is 5.95. The first kappa shape index (κ1) is 22.4. The van der Waals surface area contributed by atoms with E-state index in [0.717, 1.165) is 12.8 Å². The molecule has 0 spiro atoms. The molecule has 0 bridgehead atoms. The summed E-state index contributed by atoms with van der Waals surface area (Å²) in [4.78, 5) is 26.9. The zero-order valence-electron chi connectivity index (χ0n) is 18.0. The van der Waals surface area contributed by atoms with Gasteiger partial charge >= 0.3 is 0 Å². The number of nitrogens with one attached hydrogen (secondary N) is 2. The SMILES string of the molecule is CCCN(CC(=O)Nc1ccc2c(c1)OCCCO2)CC(=O)Nc1ccccc1OC. The molecule has 0 radical (unpaired) electrons. The van der Waals surface area contributed by atoms with Crippen molar-refractivity contribution in [1.82, 2.24) is 4.90 Å². The van der Waals surface area contributed by atoms with E-state index in [1.807, 2.05) is 24.0 Å². The summed E-state index contributed by atoms with van der Waals surface area (Å²) in [7, 11) is 1.55. The summed E-state index contributed by atoms with van der Waals surface area (Å²) >= 11 is 0. The molecule has 3 rings (SSSR count). The minimum atomic E-state index is -0.207. The van der Waals surface area contributed by atoms with Crippen LogP contribution in [-0.4, -0.2) is 56.7 Å². The predicted octanol–water partition coefficient (Wildman–Crippen LogP) is 3.15. The predicted molar refractivity (Wildman–Crippen MR) is 119 cm³/mol. The van der Waals surface area contributed by atoms with Crippen LogP contribution in [0.2, 0.25) is 0 Å². The average molecular weight is 428 g/mol. The molecule has 1 heterocycles. The van der Waals surface area contributed by atoms with Gasteiger partial charge in [-0.1, -0.05) is 19.1 Å². The van der Waals surface area contributed by atoms with Crippen LogP contribution in [0, 0.1) is 0 Å². The monoisotopic (exact) mass is 427 g/mol. The number of anilines is 2. The van der Waals surface area contributed by atoms with Gasteiger partial charge < -0.3 is 24.8 Å². The Bertz CT molecular complexity index is 903. The van der Waals surface area contributed by atoms with Crippen LogP contribution < -0.4 is 24.8 Å². The second kappa shape index (κ2) is 11.2. The van der Waals surface area contributed by atoms with Gasteiger partial charge in [0.15, 0.2) is 11.5 Å². The first-order valence-electron chi connectivity index (χ1n) is 10.4. The number of ether oxygens (including phenoxy) is 3. The molecule has 0 atom stereocenters. The second-order valence-electron chi connectivity index (χ2n) is 7.22. The van der Waals surface area contributed by atoms with Gasteiger partial charge in [0.1, 0.15) is 5.75 Å². The van der Waals surface area contributed by atoms with E-state index >= 15 is 0 Å². The lowest BCUT2D eigenvalue weighted by molar-refractivity contribution is -0.120. The van der Waals surface area contributed by atoms with Gasteiger partial charge in [-0.05, 0) is 37.2 Å². The van der Waals surface area contributed by atoms with Crippen LogP contribution in [0.3, 0.4) is 0 Å². The maximum absolute atomic E-state index is 12.6. The molecular formula is C23H29N3O5. The van der Waals surface area contributed by atoms with Crippen molar-refractivity contribution in [3.05, 3.63) is 42.5 Å². The molecule has 1 aliphatic rings. The van der Waals surface area contributed by atoms with Crippen molar-refractivity contribution >= 4 is 23.2 Å². The molecule has 166 valence electrons. The standard InChI is InChI=1S/C23H29N3O5/c1-3-11-26(16-23(28)25-18-7-4-5-8-19(18)29-2)15-22(27)24-17-9-10-20-21(14-17)31-13-6-12-30-20/h4-5,7-10,14H,3,6,11-13,15-16H2,1-2H3,(H,24,27)(H,25,28). The van der Waals surface area contributed by atoms with Crippen LogP contribution in [-0.2, 0) is 9.59 Å². The Labute approximate surface area is 182 Å². The third-order valence-electron chi connectivity index (χ3n) is 4.69. The van der Waals surface area contributed by atoms with E-state index in [4.69, 9.17) is 14.2 Å². The lowest BCUT2D eigenvalue weighted by atomic mass is 10.2. The van der Waals surface area contributed by atoms with E-state index < -0.39 is 0 Å². The van der Waals surface area contributed by atoms with Gasteiger partial charge in [0.2, 0.25) is 11.8 Å². The highest BCUT2D eigenvalue weighted by Crippen LogP contribution is 2.32. The molecule has 0 unspecified atom stereocenters. The van der Waals surface area contributed by atoms with Crippen LogP contribution >= 0.6 is 0 Å². The van der Waals surface area contributed by atoms with Gasteiger partial charge in [-0.2, -0.15) is 0 Å². The normalized spacial score (nSPS) is 12.7. The molecule has 0 fully saturated rings. The number of benzene rings is 2. The molecule has 2 N–H and O–H groups in total. The number of rotatable bonds is 9. The van der Waals surface area contributed by atoms with Crippen LogP contribution in [0.5, 0.6) is 17.2 Å². The summed E-state index contributed by atoms with van der Waals surface area (Å²) in [6.07, 6.45) is 1.64. The summed E-state index contributed by atoms with van der Waals surface area (Å²) in [6.45, 7) is 4.01. The van der Waals surface area contributed by atoms with E-state index in [1.165, 1.54) is 0 Å². The fraction of sp³-hybridized carbons (Fsp3) is 0.391. The molecule has 0 aliphatic carbocycles. The Morgan fingerprint density at radius 1 is 1.00 bits per heavy atom. The highest BCUT2D eigenvalue weighted by Gasteiger charge is 2.17. The fourth-order valence-corrected chi connectivity index (χ4v) is 3.32. The fourth-order valence-electron chi connectivity index (χ4n) is 3.32. The zero-order valence-corrected chi connectivity index (χ0v) is 18.0. The summed E-state index contributed by atoms with van der Waals surface area (Å²) in [5, 5.41) is 5.72. The third kappa shape index (κ3) is 6.62. The quantitative estimate of drug-likeness (QED) is 0.639. The van der Waals surface area contributed by atoms with Gasteiger partial charge in [-0.25, -0.2) is 0 Å². The van der Waals surface area contributed by atoms with E-state index in [2.05, 4.69) is 10.6 Å². The summed E-state index contributed by atoms with van der Waals surface area (Å²) in [6, 6.07) is 12.5. The number of fused-ring (bicyclic) bond motifs is 1. The molecular weight excluding hydrogens is 398 g/mol. The van der Waals surface area contributed by atoms with E-state index in [0.29, 0.717) is 48.4 Å². The number of hydrogen-bond acceptors (Lipinski definition) is 6. The summed E-state index contributed by atoms with van der Waals surface area (Å²) < 4.78 is 16.5. The van der Waals surface area contributed by atoms with Crippen molar-refractivity contribution < 1.29 is 23.8 Å². The second-order valence-corrected chi connectivity index (χ2v) is 7.22. The summed E-state index contributed by atoms with van der Waals surface area (Å²) in [5.41, 5.74) is 1.23. The Balaban J connectivity index is 1.57. The molecule has 0 saturated heterocycles. The molecule has 0 aromatic heterocycles. The first-order chi connectivity index (χ1) is 15.1. The van der Waals surface area contributed by atoms with Gasteiger partial charge in [-0.15, -0.1) is 0 Å². The first-order valence-corrected chi connectivity index (χ1v) is 10.4. The van der Waals surface area contributed by atoms with Crippen molar-refractivity contribution in [2.45, 2.75) is 19.8 Å². The van der Waals surface area contributed by atoms with Crippen molar-refractivity contribution in [3.63, 3.8) is 0 Å². The van der Waals surface area contributed by atoms with Crippen molar-refractivity contribution in [1.29, 1.82) is 0 Å². The minimum absolute atomic E-state index is 0.0977. The molecule has 2 aromatic carbocycles. The van der Waals surface area contributed by atoms with Gasteiger partial charge in [0.05, 0.1) is 39.1 Å². The van der Waals surface area contributed by atoms with Gasteiger partial charge in [-0.3, -0.25) is 14.5 Å². The summed E-state index contributed by atoms with van der Waals surface area (Å²) in [5.74, 6) is 1.48. The molecule has 8 nitrogen and oxygen atoms in total. The maximum Gasteiger partial charge on any atom is 0.238 e. The number of nitrogens with zero attached hydrogens (tertiary/aromatic N) is 1. The smallest absolute Gasteiger partial charge is 0.238 e. The van der Waals surface area contributed by atoms with Gasteiger partial charge in [0, 0.05) is 18.2 Å². The lowest BCUT2D eigenvalue weighted by Crippen LogP contribution is -2.39. The Kier molecular flexibility index (Phi) is 8.12. The Morgan fingerprint density at radius 3 is 2.45 bits per heavy atom. The molecule has 1 aliphatic heterocycles. The van der Waals surface area contributed by atoms with Crippen LogP contribution in [0.4, 0.5) is 11.4 Å². The largest absolute Gasteiger partial charge is 0.495 e. The zero-order chi connectivity index (χ0) is 22.1. The Hall–Kier alpha value is -3.26. The van der Waals surface area contributed by atoms with Crippen LogP contribution in [0.1, 0.15) is 19.8 Å². The number of carbonyl (C=O) groups is 2. The van der Waals surface area contributed by atoms with Gasteiger partial charge in [0.25, 0.3) is 0 Å². The van der Waals surface area contributed by atoms with E-state index in [1.54, 1.807) is 37.4 Å². The Morgan fingerprint density at radius 2 is 1.71 bits per heavy atom. The molecule has 31 heavy (non-hydrogen) atoms. The van der Waals surface area contributed by atoms with Crippen LogP contribution in [0.25, 0.3) is 0 Å². The topological polar surface area (TPSA) is 89.1 Å². The maximum atomic E-state index is 12.6. The van der Waals surface area contributed by atoms with E-state index in [9.17, 15) is 9.59 Å². The number of para-hydroxylation sites is 2. The molecule has 2 amide bonds. The number of carbonyl (C=O) groups excluding carboxylic acids is 2. The van der Waals surface area contributed by atoms with Crippen molar-refractivity contribution in [2.75, 3.05) is 50.6 Å². The highest BCUT2D eigenvalue weighted by atomic mass is 16.5. The molecule has 2 aromatic rings. The number of hydrogen-bond donors (Lipinski definition) is 2. The molecule has 0 saturated carbocycles. The van der Waals surface area contributed by atoms with Crippen LogP contribution in [0.15, 0.2) is 42.5 Å². The number of methoxy groups -OCH3 is 1. The van der Waals surface area contributed by atoms with Crippen molar-refractivity contribution in [3.8, 4) is 17.2 Å². The number of amides is 2. The average Bonchev–Trinajstić information content (AvgIpc) is 2.99. The van der Waals surface area contributed by atoms with Crippen molar-refractivity contribution in [2.24, 2.45) is 0 Å². The third-order valence-corrected chi connectivity index (χ3v) is 4.69. The molecule has 8 heteroatoms. The lowest BCUT2D eigenvalue weighted by Gasteiger charge is -2.21. The minimum Gasteiger partial charge on any atom is -0.495 e.